The summed E-state index contributed by atoms with van der Waals surface area (Å²) >= 11 is 0. The summed E-state index contributed by atoms with van der Waals surface area (Å²) in [5.41, 5.74) is 5.39. The van der Waals surface area contributed by atoms with Gasteiger partial charge in [-0.2, -0.15) is 4.57 Å². The topological polar surface area (TPSA) is 24.1 Å². The molecule has 0 saturated carbocycles. The molecule has 18 heavy (non-hydrogen) atoms. The highest BCUT2D eigenvalue weighted by Crippen LogP contribution is 2.24. The molecule has 0 amide bonds. The lowest BCUT2D eigenvalue weighted by Crippen LogP contribution is -2.49. The smallest absolute Gasteiger partial charge is 0.187 e. The molecule has 2 nitrogen and oxygen atoms in total. The third-order valence-electron chi connectivity index (χ3n) is 3.72. The summed E-state index contributed by atoms with van der Waals surface area (Å²) in [6.45, 7) is 15.5. The molecule has 0 aliphatic heterocycles. The zero-order valence-corrected chi connectivity index (χ0v) is 12.9. The third-order valence-corrected chi connectivity index (χ3v) is 3.72. The Morgan fingerprint density at radius 3 is 2.00 bits per heavy atom. The average Bonchev–Trinajstić information content (AvgIpc) is 2.29. The monoisotopic (exact) mass is 250 g/mol. The SMILES string of the molecule is Cc1cc(C(C)C)[n+]([C@@H](C)CO)c(C(C)C)c1C. The van der Waals surface area contributed by atoms with Crippen LogP contribution in [0.5, 0.6) is 0 Å². The zero-order valence-electron chi connectivity index (χ0n) is 12.9. The number of rotatable bonds is 4. The van der Waals surface area contributed by atoms with E-state index in [9.17, 15) is 5.11 Å². The first-order chi connectivity index (χ1) is 8.31. The van der Waals surface area contributed by atoms with Gasteiger partial charge in [-0.25, -0.2) is 0 Å². The highest BCUT2D eigenvalue weighted by atomic mass is 16.3. The minimum atomic E-state index is 0.138. The Hall–Kier alpha value is -0.890. The zero-order chi connectivity index (χ0) is 14.0. The van der Waals surface area contributed by atoms with Crippen molar-refractivity contribution in [2.24, 2.45) is 0 Å². The maximum Gasteiger partial charge on any atom is 0.187 e. The summed E-state index contributed by atoms with van der Waals surface area (Å²) in [6.07, 6.45) is 0. The van der Waals surface area contributed by atoms with Crippen molar-refractivity contribution >= 4 is 0 Å². The first-order valence-corrected chi connectivity index (χ1v) is 6.97. The Kier molecular flexibility index (Phi) is 4.92. The van der Waals surface area contributed by atoms with E-state index in [1.165, 1.54) is 22.5 Å². The summed E-state index contributed by atoms with van der Waals surface area (Å²) < 4.78 is 2.34. The van der Waals surface area contributed by atoms with Gasteiger partial charge >= 0.3 is 0 Å². The average molecular weight is 250 g/mol. The standard InChI is InChI=1S/C16H28NO/c1-10(2)15-8-12(5)14(7)16(11(3)4)17(15)13(6)9-18/h8,10-11,13,18H,9H2,1-7H3/q+1/t13-/m0/s1. The third kappa shape index (κ3) is 2.74. The van der Waals surface area contributed by atoms with Crippen molar-refractivity contribution in [3.63, 3.8) is 0 Å². The summed E-state index contributed by atoms with van der Waals surface area (Å²) in [5, 5.41) is 9.54. The minimum Gasteiger partial charge on any atom is -0.389 e. The molecule has 0 saturated heterocycles. The van der Waals surface area contributed by atoms with Gasteiger partial charge in [0, 0.05) is 30.4 Å². The van der Waals surface area contributed by atoms with Crippen molar-refractivity contribution in [1.29, 1.82) is 0 Å². The first-order valence-electron chi connectivity index (χ1n) is 6.97. The number of aliphatic hydroxyl groups is 1. The lowest BCUT2D eigenvalue weighted by Gasteiger charge is -2.20. The van der Waals surface area contributed by atoms with Crippen LogP contribution >= 0.6 is 0 Å². The van der Waals surface area contributed by atoms with Crippen molar-refractivity contribution < 1.29 is 9.67 Å². The Morgan fingerprint density at radius 2 is 1.61 bits per heavy atom. The van der Waals surface area contributed by atoms with Crippen LogP contribution in [0.4, 0.5) is 0 Å². The van der Waals surface area contributed by atoms with Crippen LogP contribution in [-0.4, -0.2) is 11.7 Å². The predicted molar refractivity (Wildman–Crippen MR) is 76.1 cm³/mol. The summed E-state index contributed by atoms with van der Waals surface area (Å²) in [7, 11) is 0. The molecule has 0 fully saturated rings. The first kappa shape index (κ1) is 15.2. The molecule has 1 atom stereocenters. The van der Waals surface area contributed by atoms with E-state index in [-0.39, 0.29) is 12.6 Å². The molecular formula is C16H28NO+. The van der Waals surface area contributed by atoms with Gasteiger partial charge in [0.1, 0.15) is 6.61 Å². The quantitative estimate of drug-likeness (QED) is 0.814. The predicted octanol–water partition coefficient (Wildman–Crippen LogP) is 3.39. The number of hydrogen-bond acceptors (Lipinski definition) is 1. The summed E-state index contributed by atoms with van der Waals surface area (Å²) in [4.78, 5) is 0. The Bertz CT molecular complexity index is 422. The Balaban J connectivity index is 3.63. The van der Waals surface area contributed by atoms with Crippen LogP contribution < -0.4 is 4.57 Å². The Labute approximate surface area is 112 Å². The van der Waals surface area contributed by atoms with Gasteiger partial charge in [-0.15, -0.1) is 0 Å². The van der Waals surface area contributed by atoms with Gasteiger partial charge < -0.3 is 5.11 Å². The molecular weight excluding hydrogens is 222 g/mol. The summed E-state index contributed by atoms with van der Waals surface area (Å²) in [6, 6.07) is 2.41. The van der Waals surface area contributed by atoms with E-state index in [0.717, 1.165) is 0 Å². The van der Waals surface area contributed by atoms with Crippen molar-refractivity contribution in [3.05, 3.63) is 28.6 Å². The van der Waals surface area contributed by atoms with Crippen LogP contribution in [0, 0.1) is 13.8 Å². The molecule has 1 N–H and O–H groups in total. The molecule has 0 aliphatic rings. The normalized spacial score (nSPS) is 13.4. The van der Waals surface area contributed by atoms with E-state index >= 15 is 0 Å². The largest absolute Gasteiger partial charge is 0.389 e. The molecule has 1 aromatic heterocycles. The summed E-state index contributed by atoms with van der Waals surface area (Å²) in [5.74, 6) is 0.937. The molecule has 0 aliphatic carbocycles. The number of aliphatic hydroxyl groups excluding tert-OH is 1. The van der Waals surface area contributed by atoms with Crippen LogP contribution in [0.2, 0.25) is 0 Å². The van der Waals surface area contributed by atoms with Gasteiger partial charge in [0.25, 0.3) is 0 Å². The second kappa shape index (κ2) is 5.83. The fraction of sp³-hybridized carbons (Fsp3) is 0.688. The molecule has 1 heterocycles. The highest BCUT2D eigenvalue weighted by molar-refractivity contribution is 5.29. The van der Waals surface area contributed by atoms with Crippen LogP contribution in [0.1, 0.15) is 75.0 Å². The lowest BCUT2D eigenvalue weighted by atomic mass is 9.95. The van der Waals surface area contributed by atoms with Crippen molar-refractivity contribution in [2.45, 2.75) is 66.3 Å². The van der Waals surface area contributed by atoms with Gasteiger partial charge in [-0.05, 0) is 19.4 Å². The molecule has 102 valence electrons. The number of aryl methyl sites for hydroxylation is 1. The second-order valence-corrected chi connectivity index (χ2v) is 5.97. The molecule has 1 rings (SSSR count). The van der Waals surface area contributed by atoms with Crippen molar-refractivity contribution in [3.8, 4) is 0 Å². The van der Waals surface area contributed by atoms with Crippen molar-refractivity contribution in [1.82, 2.24) is 0 Å². The molecule has 0 bridgehead atoms. The highest BCUT2D eigenvalue weighted by Gasteiger charge is 2.29. The van der Waals surface area contributed by atoms with E-state index in [0.29, 0.717) is 11.8 Å². The molecule has 0 radical (unpaired) electrons. The molecule has 0 spiro atoms. The number of nitrogens with zero attached hydrogens (tertiary/aromatic N) is 1. The number of aromatic nitrogens is 1. The fourth-order valence-corrected chi connectivity index (χ4v) is 2.65. The lowest BCUT2D eigenvalue weighted by molar-refractivity contribution is -0.736. The van der Waals surface area contributed by atoms with E-state index < -0.39 is 0 Å². The van der Waals surface area contributed by atoms with Gasteiger partial charge in [0.05, 0.1) is 0 Å². The van der Waals surface area contributed by atoms with Gasteiger partial charge in [-0.1, -0.05) is 27.7 Å². The second-order valence-electron chi connectivity index (χ2n) is 5.97. The number of hydrogen-bond donors (Lipinski definition) is 1. The molecule has 0 aromatic carbocycles. The maximum absolute atomic E-state index is 9.54. The van der Waals surface area contributed by atoms with E-state index in [1.807, 2.05) is 0 Å². The van der Waals surface area contributed by atoms with Gasteiger partial charge in [-0.3, -0.25) is 0 Å². The van der Waals surface area contributed by atoms with Gasteiger partial charge in [0.2, 0.25) is 0 Å². The molecule has 0 unspecified atom stereocenters. The van der Waals surface area contributed by atoms with Crippen LogP contribution in [0.25, 0.3) is 0 Å². The molecule has 2 heteroatoms. The Morgan fingerprint density at radius 1 is 1.06 bits per heavy atom. The van der Waals surface area contributed by atoms with Gasteiger partial charge in [0.15, 0.2) is 17.4 Å². The fourth-order valence-electron chi connectivity index (χ4n) is 2.65. The minimum absolute atomic E-state index is 0.138. The van der Waals surface area contributed by atoms with Crippen LogP contribution in [-0.2, 0) is 0 Å². The molecule has 1 aromatic rings. The van der Waals surface area contributed by atoms with E-state index in [2.05, 4.69) is 59.1 Å². The van der Waals surface area contributed by atoms with Crippen LogP contribution in [0.3, 0.4) is 0 Å². The van der Waals surface area contributed by atoms with Crippen LogP contribution in [0.15, 0.2) is 6.07 Å². The number of pyridine rings is 1. The van der Waals surface area contributed by atoms with Crippen molar-refractivity contribution in [2.75, 3.05) is 6.61 Å². The maximum atomic E-state index is 9.54. The van der Waals surface area contributed by atoms with E-state index in [4.69, 9.17) is 0 Å². The van der Waals surface area contributed by atoms with E-state index in [1.54, 1.807) is 0 Å².